The molecule has 0 amide bonds. The first-order chi connectivity index (χ1) is 9.10. The van der Waals surface area contributed by atoms with E-state index in [1.54, 1.807) is 6.07 Å². The molecular weight excluding hydrogens is 313 g/mol. The average Bonchev–Trinajstić information content (AvgIpc) is 2.42. The molecule has 1 aromatic rings. The Balaban J connectivity index is 1.92. The largest absolute Gasteiger partial charge is 0.409 e. The van der Waals surface area contributed by atoms with E-state index < -0.39 is 0 Å². The third-order valence-electron chi connectivity index (χ3n) is 3.53. The lowest BCUT2D eigenvalue weighted by atomic mass is 9.95. The number of halogens is 2. The zero-order chi connectivity index (χ0) is 13.8. The molecule has 1 fully saturated rings. The summed E-state index contributed by atoms with van der Waals surface area (Å²) >= 11 is 3.38. The molecule has 0 bridgehead atoms. The van der Waals surface area contributed by atoms with Gasteiger partial charge in [0.1, 0.15) is 11.7 Å². The van der Waals surface area contributed by atoms with Crippen LogP contribution in [0.25, 0.3) is 0 Å². The molecule has 0 saturated carbocycles. The Morgan fingerprint density at radius 3 is 2.74 bits per heavy atom. The minimum atomic E-state index is -0.235. The van der Waals surface area contributed by atoms with Gasteiger partial charge in [-0.3, -0.25) is 4.90 Å². The fourth-order valence-corrected chi connectivity index (χ4v) is 2.84. The summed E-state index contributed by atoms with van der Waals surface area (Å²) in [5, 5.41) is 11.7. The van der Waals surface area contributed by atoms with Gasteiger partial charge in [-0.05, 0) is 43.6 Å². The topological polar surface area (TPSA) is 61.9 Å². The minimum absolute atomic E-state index is 0.165. The first-order valence-corrected chi connectivity index (χ1v) is 7.03. The SMILES string of the molecule is NC(=NO)C1CCN(Cc2ccc(F)cc2Br)CC1. The van der Waals surface area contributed by atoms with Crippen LogP contribution in [0.15, 0.2) is 27.8 Å². The van der Waals surface area contributed by atoms with Crippen molar-refractivity contribution >= 4 is 21.8 Å². The predicted octanol–water partition coefficient (Wildman–Crippen LogP) is 2.55. The Bertz CT molecular complexity index is 473. The molecular formula is C13H17BrFN3O. The molecule has 0 aromatic heterocycles. The van der Waals surface area contributed by atoms with Gasteiger partial charge in [-0.15, -0.1) is 0 Å². The molecule has 1 aromatic carbocycles. The lowest BCUT2D eigenvalue weighted by Crippen LogP contribution is -2.38. The second kappa shape index (κ2) is 6.34. The van der Waals surface area contributed by atoms with Crippen molar-refractivity contribution in [2.45, 2.75) is 19.4 Å². The van der Waals surface area contributed by atoms with Gasteiger partial charge in [0.2, 0.25) is 0 Å². The maximum atomic E-state index is 13.0. The number of benzene rings is 1. The van der Waals surface area contributed by atoms with E-state index in [0.717, 1.165) is 42.5 Å². The first kappa shape index (κ1) is 14.3. The molecule has 6 heteroatoms. The Morgan fingerprint density at radius 2 is 2.16 bits per heavy atom. The average molecular weight is 330 g/mol. The number of oxime groups is 1. The van der Waals surface area contributed by atoms with Crippen LogP contribution in [0.3, 0.4) is 0 Å². The van der Waals surface area contributed by atoms with E-state index in [2.05, 4.69) is 26.0 Å². The number of likely N-dealkylation sites (tertiary alicyclic amines) is 1. The summed E-state index contributed by atoms with van der Waals surface area (Å²) in [4.78, 5) is 2.29. The van der Waals surface area contributed by atoms with Gasteiger partial charge >= 0.3 is 0 Å². The molecule has 0 unspecified atom stereocenters. The Hall–Kier alpha value is -1.14. The van der Waals surface area contributed by atoms with Gasteiger partial charge in [-0.1, -0.05) is 27.2 Å². The van der Waals surface area contributed by atoms with Gasteiger partial charge in [0.25, 0.3) is 0 Å². The van der Waals surface area contributed by atoms with Crippen LogP contribution in [0.1, 0.15) is 18.4 Å². The smallest absolute Gasteiger partial charge is 0.142 e. The summed E-state index contributed by atoms with van der Waals surface area (Å²) in [6, 6.07) is 4.76. The minimum Gasteiger partial charge on any atom is -0.409 e. The van der Waals surface area contributed by atoms with Gasteiger partial charge in [0.15, 0.2) is 0 Å². The van der Waals surface area contributed by atoms with Crippen molar-refractivity contribution < 1.29 is 9.60 Å². The highest BCUT2D eigenvalue weighted by Crippen LogP contribution is 2.23. The van der Waals surface area contributed by atoms with Crippen molar-refractivity contribution in [3.05, 3.63) is 34.1 Å². The summed E-state index contributed by atoms with van der Waals surface area (Å²) in [5.74, 6) is 0.252. The third kappa shape index (κ3) is 3.67. The van der Waals surface area contributed by atoms with Crippen LogP contribution in [0.2, 0.25) is 0 Å². The molecule has 2 rings (SSSR count). The summed E-state index contributed by atoms with van der Waals surface area (Å²) in [7, 11) is 0. The summed E-state index contributed by atoms with van der Waals surface area (Å²) < 4.78 is 13.8. The van der Waals surface area contributed by atoms with Gasteiger partial charge in [0.05, 0.1) is 0 Å². The van der Waals surface area contributed by atoms with E-state index in [1.165, 1.54) is 12.1 Å². The molecule has 0 radical (unpaired) electrons. The number of amidine groups is 1. The van der Waals surface area contributed by atoms with Crippen molar-refractivity contribution in [1.82, 2.24) is 4.90 Å². The van der Waals surface area contributed by atoms with Crippen molar-refractivity contribution in [1.29, 1.82) is 0 Å². The van der Waals surface area contributed by atoms with Crippen LogP contribution in [0.5, 0.6) is 0 Å². The highest BCUT2D eigenvalue weighted by Gasteiger charge is 2.22. The van der Waals surface area contributed by atoms with Crippen LogP contribution in [-0.2, 0) is 6.54 Å². The number of nitrogens with two attached hydrogens (primary N) is 1. The summed E-state index contributed by atoms with van der Waals surface area (Å²) in [6.45, 7) is 2.57. The molecule has 4 nitrogen and oxygen atoms in total. The molecule has 1 aliphatic heterocycles. The molecule has 1 heterocycles. The monoisotopic (exact) mass is 329 g/mol. The molecule has 0 aliphatic carbocycles. The second-order valence-electron chi connectivity index (χ2n) is 4.81. The normalized spacial score (nSPS) is 18.7. The third-order valence-corrected chi connectivity index (χ3v) is 4.27. The van der Waals surface area contributed by atoms with E-state index in [4.69, 9.17) is 10.9 Å². The fourth-order valence-electron chi connectivity index (χ4n) is 2.36. The quantitative estimate of drug-likeness (QED) is 0.387. The predicted molar refractivity (Wildman–Crippen MR) is 75.5 cm³/mol. The van der Waals surface area contributed by atoms with Gasteiger partial charge < -0.3 is 10.9 Å². The molecule has 0 spiro atoms. The van der Waals surface area contributed by atoms with Crippen molar-refractivity contribution in [2.24, 2.45) is 16.8 Å². The summed E-state index contributed by atoms with van der Waals surface area (Å²) in [5.41, 5.74) is 6.69. The van der Waals surface area contributed by atoms with E-state index in [1.807, 2.05) is 0 Å². The zero-order valence-electron chi connectivity index (χ0n) is 10.5. The zero-order valence-corrected chi connectivity index (χ0v) is 12.1. The number of hydrogen-bond acceptors (Lipinski definition) is 3. The highest BCUT2D eigenvalue weighted by atomic mass is 79.9. The van der Waals surface area contributed by atoms with Crippen molar-refractivity contribution in [2.75, 3.05) is 13.1 Å². The molecule has 1 aliphatic rings. The maximum absolute atomic E-state index is 13.0. The van der Waals surface area contributed by atoms with Crippen LogP contribution in [-0.4, -0.2) is 29.0 Å². The number of rotatable bonds is 3. The van der Waals surface area contributed by atoms with Crippen LogP contribution < -0.4 is 5.73 Å². The molecule has 19 heavy (non-hydrogen) atoms. The molecule has 0 atom stereocenters. The first-order valence-electron chi connectivity index (χ1n) is 6.24. The van der Waals surface area contributed by atoms with E-state index in [0.29, 0.717) is 5.84 Å². The van der Waals surface area contributed by atoms with Crippen molar-refractivity contribution in [3.8, 4) is 0 Å². The van der Waals surface area contributed by atoms with E-state index >= 15 is 0 Å². The molecule has 104 valence electrons. The van der Waals surface area contributed by atoms with E-state index in [-0.39, 0.29) is 11.7 Å². The summed E-state index contributed by atoms with van der Waals surface area (Å²) in [6.07, 6.45) is 1.77. The number of nitrogens with zero attached hydrogens (tertiary/aromatic N) is 2. The fraction of sp³-hybridized carbons (Fsp3) is 0.462. The van der Waals surface area contributed by atoms with Gasteiger partial charge in [-0.2, -0.15) is 0 Å². The Labute approximate surface area is 120 Å². The second-order valence-corrected chi connectivity index (χ2v) is 5.67. The number of piperidine rings is 1. The Morgan fingerprint density at radius 1 is 1.47 bits per heavy atom. The van der Waals surface area contributed by atoms with E-state index in [9.17, 15) is 4.39 Å². The lowest BCUT2D eigenvalue weighted by Gasteiger charge is -2.31. The molecule has 1 saturated heterocycles. The van der Waals surface area contributed by atoms with Crippen LogP contribution in [0, 0.1) is 11.7 Å². The van der Waals surface area contributed by atoms with Crippen molar-refractivity contribution in [3.63, 3.8) is 0 Å². The highest BCUT2D eigenvalue weighted by molar-refractivity contribution is 9.10. The maximum Gasteiger partial charge on any atom is 0.142 e. The van der Waals surface area contributed by atoms with Gasteiger partial charge in [0, 0.05) is 16.9 Å². The van der Waals surface area contributed by atoms with Crippen LogP contribution in [0.4, 0.5) is 4.39 Å². The molecule has 3 N–H and O–H groups in total. The lowest BCUT2D eigenvalue weighted by molar-refractivity contribution is 0.198. The standard InChI is InChI=1S/C13H17BrFN3O/c14-12-7-11(15)2-1-10(12)8-18-5-3-9(4-6-18)13(16)17-19/h1-2,7,9,19H,3-6,8H2,(H2,16,17). The van der Waals surface area contributed by atoms with Crippen LogP contribution >= 0.6 is 15.9 Å². The Kier molecular flexibility index (Phi) is 4.76. The van der Waals surface area contributed by atoms with Gasteiger partial charge in [-0.25, -0.2) is 4.39 Å². The number of hydrogen-bond donors (Lipinski definition) is 2.